The molecule has 0 aromatic carbocycles. The van der Waals surface area contributed by atoms with E-state index in [1.165, 1.54) is 6.20 Å². The Kier molecular flexibility index (Phi) is 2.83. The van der Waals surface area contributed by atoms with Crippen LogP contribution in [0.1, 0.15) is 24.2 Å². The number of carbonyl (C=O) groups is 1. The topological polar surface area (TPSA) is 96.4 Å². The molecule has 0 saturated heterocycles. The molecule has 1 saturated carbocycles. The molecule has 1 atom stereocenters. The molecule has 0 bridgehead atoms. The summed E-state index contributed by atoms with van der Waals surface area (Å²) in [5.41, 5.74) is 1.63. The number of aliphatic hydroxyl groups is 1. The Hall–Kier alpha value is -2.15. The van der Waals surface area contributed by atoms with E-state index in [0.29, 0.717) is 22.7 Å². The molecular weight excluding hydrogens is 248 g/mol. The van der Waals surface area contributed by atoms with Gasteiger partial charge in [-0.15, -0.1) is 0 Å². The lowest BCUT2D eigenvalue weighted by molar-refractivity contribution is 0.181. The summed E-state index contributed by atoms with van der Waals surface area (Å²) in [4.78, 5) is 11.0. The molecule has 1 aliphatic carbocycles. The molecule has 7 heteroatoms. The highest BCUT2D eigenvalue weighted by atomic mass is 16.5. The molecule has 0 radical (unpaired) electrons. The molecular formula is C12H14N4O3. The van der Waals surface area contributed by atoms with Crippen LogP contribution in [-0.4, -0.2) is 33.7 Å². The Bertz CT molecular complexity index is 554. The van der Waals surface area contributed by atoms with Crippen LogP contribution in [0.5, 0.6) is 5.75 Å². The van der Waals surface area contributed by atoms with E-state index in [-0.39, 0.29) is 6.10 Å². The molecule has 3 N–H and O–H groups in total. The second kappa shape index (κ2) is 4.51. The fourth-order valence-electron chi connectivity index (χ4n) is 1.74. The van der Waals surface area contributed by atoms with Gasteiger partial charge in [-0.2, -0.15) is 10.2 Å². The maximum absolute atomic E-state index is 11.0. The highest BCUT2D eigenvalue weighted by molar-refractivity contribution is 5.83. The van der Waals surface area contributed by atoms with Crippen molar-refractivity contribution in [3.05, 3.63) is 23.7 Å². The van der Waals surface area contributed by atoms with Gasteiger partial charge in [0.15, 0.2) is 6.23 Å². The van der Waals surface area contributed by atoms with Crippen molar-refractivity contribution < 1.29 is 14.6 Å². The van der Waals surface area contributed by atoms with E-state index in [2.05, 4.69) is 20.8 Å². The predicted octanol–water partition coefficient (Wildman–Crippen LogP) is 0.298. The molecule has 1 aromatic heterocycles. The fourth-order valence-corrected chi connectivity index (χ4v) is 1.74. The average Bonchev–Trinajstić information content (AvgIpc) is 3.16. The number of carbonyl (C=O) groups excluding carboxylic acids is 1. The Labute approximate surface area is 109 Å². The first-order valence-corrected chi connectivity index (χ1v) is 6.10. The smallest absolute Gasteiger partial charge is 0.321 e. The van der Waals surface area contributed by atoms with E-state index in [1.807, 2.05) is 6.92 Å². The fraction of sp³-hybridized carbons (Fsp3) is 0.417. The third-order valence-electron chi connectivity index (χ3n) is 2.97. The van der Waals surface area contributed by atoms with Crippen molar-refractivity contribution in [3.8, 4) is 5.75 Å². The lowest BCUT2D eigenvalue weighted by Gasteiger charge is -2.21. The summed E-state index contributed by atoms with van der Waals surface area (Å²) in [5.74, 6) is 0.664. The number of hydrogen-bond donors (Lipinski definition) is 3. The molecule has 19 heavy (non-hydrogen) atoms. The first-order valence-electron chi connectivity index (χ1n) is 6.10. The lowest BCUT2D eigenvalue weighted by atomic mass is 10.1. The third-order valence-corrected chi connectivity index (χ3v) is 2.97. The Morgan fingerprint density at radius 2 is 2.21 bits per heavy atom. The van der Waals surface area contributed by atoms with Crippen molar-refractivity contribution in [1.82, 2.24) is 20.8 Å². The van der Waals surface area contributed by atoms with E-state index in [9.17, 15) is 9.90 Å². The zero-order valence-electron chi connectivity index (χ0n) is 10.4. The minimum absolute atomic E-state index is 0.263. The van der Waals surface area contributed by atoms with Crippen LogP contribution in [0, 0.1) is 6.92 Å². The Morgan fingerprint density at radius 1 is 1.42 bits per heavy atom. The number of urea groups is 1. The lowest BCUT2D eigenvalue weighted by Crippen LogP contribution is -2.45. The number of ether oxygens (including phenoxy) is 1. The van der Waals surface area contributed by atoms with Gasteiger partial charge in [-0.25, -0.2) is 4.79 Å². The molecule has 2 amide bonds. The molecule has 3 rings (SSSR count). The van der Waals surface area contributed by atoms with Gasteiger partial charge in [0, 0.05) is 17.8 Å². The minimum Gasteiger partial charge on any atom is -0.488 e. The van der Waals surface area contributed by atoms with Gasteiger partial charge >= 0.3 is 6.03 Å². The third kappa shape index (κ3) is 2.50. The number of aliphatic hydroxyl groups excluding tert-OH is 1. The molecule has 1 aromatic rings. The van der Waals surface area contributed by atoms with Crippen LogP contribution >= 0.6 is 0 Å². The number of nitrogens with zero attached hydrogens (tertiary/aromatic N) is 2. The monoisotopic (exact) mass is 262 g/mol. The molecule has 1 aliphatic heterocycles. The van der Waals surface area contributed by atoms with Gasteiger partial charge in [-0.3, -0.25) is 0 Å². The van der Waals surface area contributed by atoms with E-state index in [0.717, 1.165) is 12.8 Å². The van der Waals surface area contributed by atoms with Gasteiger partial charge in [0.2, 0.25) is 0 Å². The quantitative estimate of drug-likeness (QED) is 0.728. The SMILES string of the molecule is Cc1nnc(C2=CNC(=O)NC2O)cc1OC1CC1. The largest absolute Gasteiger partial charge is 0.488 e. The molecule has 7 nitrogen and oxygen atoms in total. The predicted molar refractivity (Wildman–Crippen MR) is 66.1 cm³/mol. The summed E-state index contributed by atoms with van der Waals surface area (Å²) < 4.78 is 5.72. The molecule has 1 unspecified atom stereocenters. The Balaban J connectivity index is 1.89. The number of rotatable bonds is 3. The molecule has 0 spiro atoms. The maximum Gasteiger partial charge on any atom is 0.321 e. The van der Waals surface area contributed by atoms with Crippen LogP contribution < -0.4 is 15.4 Å². The van der Waals surface area contributed by atoms with E-state index < -0.39 is 12.3 Å². The molecule has 2 aliphatic rings. The van der Waals surface area contributed by atoms with Crippen LogP contribution in [0.15, 0.2) is 12.3 Å². The highest BCUT2D eigenvalue weighted by Crippen LogP contribution is 2.29. The number of hydrogen-bond acceptors (Lipinski definition) is 5. The molecule has 1 fully saturated rings. The van der Waals surface area contributed by atoms with Crippen LogP contribution in [0.4, 0.5) is 4.79 Å². The summed E-state index contributed by atoms with van der Waals surface area (Å²) in [5, 5.41) is 22.6. The van der Waals surface area contributed by atoms with Gasteiger partial charge < -0.3 is 20.5 Å². The van der Waals surface area contributed by atoms with Crippen molar-refractivity contribution in [2.24, 2.45) is 0 Å². The van der Waals surface area contributed by atoms with Gasteiger partial charge in [-0.1, -0.05) is 0 Å². The van der Waals surface area contributed by atoms with Crippen LogP contribution in [0.2, 0.25) is 0 Å². The highest BCUT2D eigenvalue weighted by Gasteiger charge is 2.26. The number of nitrogens with one attached hydrogen (secondary N) is 2. The first-order chi connectivity index (χ1) is 9.13. The molecule has 2 heterocycles. The van der Waals surface area contributed by atoms with Crippen molar-refractivity contribution in [2.45, 2.75) is 32.1 Å². The zero-order chi connectivity index (χ0) is 13.4. The van der Waals surface area contributed by atoms with E-state index in [4.69, 9.17) is 4.74 Å². The van der Waals surface area contributed by atoms with Crippen LogP contribution in [0.3, 0.4) is 0 Å². The minimum atomic E-state index is -1.10. The zero-order valence-corrected chi connectivity index (χ0v) is 10.4. The van der Waals surface area contributed by atoms with Crippen molar-refractivity contribution in [3.63, 3.8) is 0 Å². The summed E-state index contributed by atoms with van der Waals surface area (Å²) in [6.45, 7) is 1.82. The number of amides is 2. The van der Waals surface area contributed by atoms with Gasteiger partial charge in [-0.05, 0) is 19.8 Å². The second-order valence-corrected chi connectivity index (χ2v) is 4.62. The molecule has 100 valence electrons. The van der Waals surface area contributed by atoms with Gasteiger partial charge in [0.25, 0.3) is 0 Å². The standard InChI is InChI=1S/C12H14N4O3/c1-6-10(19-7-2-3-7)4-9(16-15-6)8-5-13-12(18)14-11(8)17/h4-5,7,11,17H,2-3H2,1H3,(H2,13,14,18). The van der Waals surface area contributed by atoms with Crippen LogP contribution in [0.25, 0.3) is 5.57 Å². The maximum atomic E-state index is 11.0. The second-order valence-electron chi connectivity index (χ2n) is 4.62. The summed E-state index contributed by atoms with van der Waals surface area (Å²) in [6.07, 6.45) is 2.70. The summed E-state index contributed by atoms with van der Waals surface area (Å²) >= 11 is 0. The van der Waals surface area contributed by atoms with Gasteiger partial charge in [0.1, 0.15) is 11.4 Å². The van der Waals surface area contributed by atoms with Crippen LogP contribution in [-0.2, 0) is 0 Å². The van der Waals surface area contributed by atoms with Crippen molar-refractivity contribution >= 4 is 11.6 Å². The normalized spacial score (nSPS) is 22.3. The average molecular weight is 262 g/mol. The first kappa shape index (κ1) is 11.9. The van der Waals surface area contributed by atoms with Crippen molar-refractivity contribution in [1.29, 1.82) is 0 Å². The van der Waals surface area contributed by atoms with E-state index in [1.54, 1.807) is 6.07 Å². The number of aryl methyl sites for hydroxylation is 1. The van der Waals surface area contributed by atoms with E-state index >= 15 is 0 Å². The van der Waals surface area contributed by atoms with Gasteiger partial charge in [0.05, 0.1) is 11.8 Å². The van der Waals surface area contributed by atoms with Crippen molar-refractivity contribution in [2.75, 3.05) is 0 Å². The summed E-state index contributed by atoms with van der Waals surface area (Å²) in [6, 6.07) is 1.28. The summed E-state index contributed by atoms with van der Waals surface area (Å²) in [7, 11) is 0. The Morgan fingerprint density at radius 3 is 2.89 bits per heavy atom. The number of aromatic nitrogens is 2.